The van der Waals surface area contributed by atoms with E-state index in [1.54, 1.807) is 4.90 Å². The van der Waals surface area contributed by atoms with Gasteiger partial charge in [-0.05, 0) is 36.6 Å². The molecule has 0 bridgehead atoms. The third-order valence-electron chi connectivity index (χ3n) is 4.40. The molecular formula is C19H18F2N2O2. The molecule has 0 radical (unpaired) electrons. The summed E-state index contributed by atoms with van der Waals surface area (Å²) in [6.45, 7) is 2.20. The third-order valence-corrected chi connectivity index (χ3v) is 4.40. The van der Waals surface area contributed by atoms with Crippen LogP contribution in [0.15, 0.2) is 42.5 Å². The van der Waals surface area contributed by atoms with Crippen molar-refractivity contribution in [2.75, 3.05) is 6.54 Å². The highest BCUT2D eigenvalue weighted by atomic mass is 19.1. The van der Waals surface area contributed by atoms with Gasteiger partial charge in [-0.3, -0.25) is 9.59 Å². The summed E-state index contributed by atoms with van der Waals surface area (Å²) in [5.74, 6) is -2.69. The van der Waals surface area contributed by atoms with E-state index in [2.05, 4.69) is 5.32 Å². The van der Waals surface area contributed by atoms with Gasteiger partial charge in [0, 0.05) is 18.7 Å². The Kier molecular flexibility index (Phi) is 4.79. The monoisotopic (exact) mass is 344 g/mol. The predicted molar refractivity (Wildman–Crippen MR) is 88.8 cm³/mol. The highest BCUT2D eigenvalue weighted by molar-refractivity contribution is 5.96. The van der Waals surface area contributed by atoms with E-state index in [0.717, 1.165) is 24.1 Å². The molecule has 0 fully saturated rings. The summed E-state index contributed by atoms with van der Waals surface area (Å²) in [6.07, 6.45) is 0.752. The molecule has 25 heavy (non-hydrogen) atoms. The van der Waals surface area contributed by atoms with Crippen molar-refractivity contribution in [2.24, 2.45) is 0 Å². The van der Waals surface area contributed by atoms with Gasteiger partial charge in [0.15, 0.2) is 0 Å². The lowest BCUT2D eigenvalue weighted by Crippen LogP contribution is -2.47. The third kappa shape index (κ3) is 3.68. The molecule has 4 nitrogen and oxygen atoms in total. The van der Waals surface area contributed by atoms with Crippen LogP contribution >= 0.6 is 0 Å². The molecule has 3 rings (SSSR count). The molecule has 6 heteroatoms. The molecule has 0 saturated heterocycles. The maximum atomic E-state index is 13.6. The molecule has 2 aromatic rings. The molecule has 0 spiro atoms. The molecule has 1 aliphatic rings. The average molecular weight is 344 g/mol. The zero-order valence-corrected chi connectivity index (χ0v) is 13.8. The molecule has 0 unspecified atom stereocenters. The lowest BCUT2D eigenvalue weighted by atomic mass is 9.95. The van der Waals surface area contributed by atoms with Crippen molar-refractivity contribution in [2.45, 2.75) is 25.9 Å². The molecule has 130 valence electrons. The van der Waals surface area contributed by atoms with Crippen molar-refractivity contribution < 1.29 is 18.4 Å². The average Bonchev–Trinajstić information content (AvgIpc) is 2.58. The SMILES string of the molecule is C[C@H]1Cc2ccccc2CN1C(=O)CNC(=O)c1ccc(F)cc1F. The number of benzene rings is 2. The predicted octanol–water partition coefficient (Wildman–Crippen LogP) is 2.67. The summed E-state index contributed by atoms with van der Waals surface area (Å²) in [5, 5.41) is 2.41. The van der Waals surface area contributed by atoms with Crippen LogP contribution in [0, 0.1) is 11.6 Å². The number of hydrogen-bond acceptors (Lipinski definition) is 2. The van der Waals surface area contributed by atoms with E-state index in [1.165, 1.54) is 5.56 Å². The van der Waals surface area contributed by atoms with Gasteiger partial charge in [-0.1, -0.05) is 24.3 Å². The van der Waals surface area contributed by atoms with Crippen molar-refractivity contribution in [1.29, 1.82) is 0 Å². The second-order valence-corrected chi connectivity index (χ2v) is 6.15. The Morgan fingerprint density at radius 1 is 1.16 bits per heavy atom. The highest BCUT2D eigenvalue weighted by Crippen LogP contribution is 2.22. The van der Waals surface area contributed by atoms with E-state index >= 15 is 0 Å². The fourth-order valence-electron chi connectivity index (χ4n) is 3.04. The minimum Gasteiger partial charge on any atom is -0.343 e. The number of amides is 2. The molecule has 1 atom stereocenters. The first-order chi connectivity index (χ1) is 12.0. The number of nitrogens with zero attached hydrogens (tertiary/aromatic N) is 1. The van der Waals surface area contributed by atoms with Crippen LogP contribution in [0.25, 0.3) is 0 Å². The van der Waals surface area contributed by atoms with Gasteiger partial charge in [-0.25, -0.2) is 8.78 Å². The minimum atomic E-state index is -0.954. The zero-order chi connectivity index (χ0) is 18.0. The summed E-state index contributed by atoms with van der Waals surface area (Å²) < 4.78 is 26.5. The first-order valence-electron chi connectivity index (χ1n) is 8.05. The molecule has 1 aliphatic heterocycles. The second-order valence-electron chi connectivity index (χ2n) is 6.15. The second kappa shape index (κ2) is 7.01. The number of fused-ring (bicyclic) bond motifs is 1. The van der Waals surface area contributed by atoms with Gasteiger partial charge in [0.1, 0.15) is 11.6 Å². The van der Waals surface area contributed by atoms with Crippen molar-refractivity contribution in [3.8, 4) is 0 Å². The van der Waals surface area contributed by atoms with Gasteiger partial charge in [-0.2, -0.15) is 0 Å². The molecule has 0 aromatic heterocycles. The summed E-state index contributed by atoms with van der Waals surface area (Å²) >= 11 is 0. The fourth-order valence-corrected chi connectivity index (χ4v) is 3.04. The van der Waals surface area contributed by atoms with Gasteiger partial charge in [0.05, 0.1) is 12.1 Å². The van der Waals surface area contributed by atoms with Crippen LogP contribution in [0.5, 0.6) is 0 Å². The van der Waals surface area contributed by atoms with Gasteiger partial charge in [-0.15, -0.1) is 0 Å². The van der Waals surface area contributed by atoms with E-state index < -0.39 is 17.5 Å². The Bertz CT molecular complexity index is 823. The molecule has 1 heterocycles. The number of halogens is 2. The van der Waals surface area contributed by atoms with E-state index in [1.807, 2.05) is 31.2 Å². The Labute approximate surface area is 144 Å². The smallest absolute Gasteiger partial charge is 0.254 e. The maximum absolute atomic E-state index is 13.6. The van der Waals surface area contributed by atoms with Gasteiger partial charge < -0.3 is 10.2 Å². The summed E-state index contributed by atoms with van der Waals surface area (Å²) in [5.41, 5.74) is 2.02. The van der Waals surface area contributed by atoms with Crippen LogP contribution in [0.4, 0.5) is 8.78 Å². The van der Waals surface area contributed by atoms with Crippen LogP contribution < -0.4 is 5.32 Å². The Morgan fingerprint density at radius 2 is 1.88 bits per heavy atom. The number of carbonyl (C=O) groups is 2. The van der Waals surface area contributed by atoms with Gasteiger partial charge in [0.2, 0.25) is 5.91 Å². The van der Waals surface area contributed by atoms with E-state index in [0.29, 0.717) is 12.6 Å². The standard InChI is InChI=1S/C19H18F2N2O2/c1-12-8-13-4-2-3-5-14(13)11-23(12)18(24)10-22-19(25)16-7-6-15(20)9-17(16)21/h2-7,9,12H,8,10-11H2,1H3,(H,22,25)/t12-/m0/s1. The van der Waals surface area contributed by atoms with E-state index in [4.69, 9.17) is 0 Å². The van der Waals surface area contributed by atoms with Crippen LogP contribution in [0.3, 0.4) is 0 Å². The highest BCUT2D eigenvalue weighted by Gasteiger charge is 2.26. The van der Waals surface area contributed by atoms with Crippen molar-refractivity contribution in [3.63, 3.8) is 0 Å². The molecule has 2 amide bonds. The lowest BCUT2D eigenvalue weighted by Gasteiger charge is -2.35. The minimum absolute atomic E-state index is 0.0156. The molecule has 1 N–H and O–H groups in total. The molecule has 0 aliphatic carbocycles. The Balaban J connectivity index is 1.64. The van der Waals surface area contributed by atoms with Crippen LogP contribution in [-0.4, -0.2) is 29.3 Å². The molecule has 0 saturated carbocycles. The fraction of sp³-hybridized carbons (Fsp3) is 0.263. The first-order valence-corrected chi connectivity index (χ1v) is 8.05. The normalized spacial score (nSPS) is 16.3. The van der Waals surface area contributed by atoms with Crippen molar-refractivity contribution in [3.05, 3.63) is 70.8 Å². The van der Waals surface area contributed by atoms with Gasteiger partial charge >= 0.3 is 0 Å². The summed E-state index contributed by atoms with van der Waals surface area (Å²) in [7, 11) is 0. The number of nitrogens with one attached hydrogen (secondary N) is 1. The first kappa shape index (κ1) is 17.1. The van der Waals surface area contributed by atoms with Crippen LogP contribution in [0.2, 0.25) is 0 Å². The molecular weight excluding hydrogens is 326 g/mol. The topological polar surface area (TPSA) is 49.4 Å². The summed E-state index contributed by atoms with van der Waals surface area (Å²) in [6, 6.07) is 10.6. The largest absolute Gasteiger partial charge is 0.343 e. The number of rotatable bonds is 3. The van der Waals surface area contributed by atoms with Crippen molar-refractivity contribution >= 4 is 11.8 Å². The Hall–Kier alpha value is -2.76. The van der Waals surface area contributed by atoms with Crippen LogP contribution in [-0.2, 0) is 17.8 Å². The quantitative estimate of drug-likeness (QED) is 0.931. The maximum Gasteiger partial charge on any atom is 0.254 e. The lowest BCUT2D eigenvalue weighted by molar-refractivity contribution is -0.133. The number of hydrogen-bond donors (Lipinski definition) is 1. The van der Waals surface area contributed by atoms with Crippen LogP contribution in [0.1, 0.15) is 28.4 Å². The number of carbonyl (C=O) groups excluding carboxylic acids is 2. The van der Waals surface area contributed by atoms with Gasteiger partial charge in [0.25, 0.3) is 5.91 Å². The van der Waals surface area contributed by atoms with Crippen molar-refractivity contribution in [1.82, 2.24) is 10.2 Å². The molecule has 2 aromatic carbocycles. The summed E-state index contributed by atoms with van der Waals surface area (Å²) in [4.78, 5) is 26.1. The van der Waals surface area contributed by atoms with E-state index in [9.17, 15) is 18.4 Å². The van der Waals surface area contributed by atoms with E-state index in [-0.39, 0.29) is 24.1 Å². The Morgan fingerprint density at radius 3 is 2.60 bits per heavy atom. The zero-order valence-electron chi connectivity index (χ0n) is 13.8.